The van der Waals surface area contributed by atoms with Crippen molar-refractivity contribution in [2.75, 3.05) is 5.75 Å². The Hall–Kier alpha value is 0.180. The van der Waals surface area contributed by atoms with Crippen LogP contribution in [0, 0.1) is 5.92 Å². The summed E-state index contributed by atoms with van der Waals surface area (Å²) in [6.45, 7) is 12.9. The Bertz CT molecular complexity index is 261. The summed E-state index contributed by atoms with van der Waals surface area (Å²) in [6.07, 6.45) is 13.9. The molecule has 0 aliphatic heterocycles. The van der Waals surface area contributed by atoms with Gasteiger partial charge in [-0.05, 0) is 41.9 Å². The van der Waals surface area contributed by atoms with Crippen molar-refractivity contribution in [2.24, 2.45) is 5.92 Å². The van der Waals surface area contributed by atoms with Crippen molar-refractivity contribution in [1.82, 2.24) is 0 Å². The average molecular weight is 331 g/mol. The molecule has 2 heteroatoms. The van der Waals surface area contributed by atoms with Crippen LogP contribution >= 0.6 is 24.4 Å². The minimum Gasteiger partial charge on any atom is -0.148 e. The molecule has 0 saturated carbocycles. The van der Waals surface area contributed by atoms with Gasteiger partial charge in [-0.3, -0.25) is 0 Å². The second kappa shape index (κ2) is 18.2. The molecule has 0 spiro atoms. The van der Waals surface area contributed by atoms with Crippen LogP contribution in [0.2, 0.25) is 0 Å². The van der Waals surface area contributed by atoms with E-state index in [1.165, 1.54) is 38.5 Å². The van der Waals surface area contributed by atoms with Crippen LogP contribution in [0.4, 0.5) is 0 Å². The molecule has 0 rings (SSSR count). The van der Waals surface area contributed by atoms with E-state index in [2.05, 4.69) is 45.6 Å². The Morgan fingerprint density at radius 2 is 1.67 bits per heavy atom. The van der Waals surface area contributed by atoms with Gasteiger partial charge in [-0.2, -0.15) is 0 Å². The standard InChI is InChI=1S/C17H32S2.C2H6/c1-5-10-17(19-14-13-16(4)18)12-9-7-6-8-11-15(2)3;1-2/h10,13,15,18H,5-9,11-12,14H2,1-4H3;1-2H3/b16-13-,17-10-;. The van der Waals surface area contributed by atoms with Crippen LogP contribution in [0.25, 0.3) is 0 Å². The van der Waals surface area contributed by atoms with Gasteiger partial charge in [-0.15, -0.1) is 24.4 Å². The molecule has 0 atom stereocenters. The van der Waals surface area contributed by atoms with Crippen molar-refractivity contribution in [2.45, 2.75) is 86.5 Å². The van der Waals surface area contributed by atoms with Crippen LogP contribution in [-0.2, 0) is 0 Å². The minimum absolute atomic E-state index is 0.863. The summed E-state index contributed by atoms with van der Waals surface area (Å²) in [6, 6.07) is 0. The fourth-order valence-electron chi connectivity index (χ4n) is 1.94. The van der Waals surface area contributed by atoms with Crippen molar-refractivity contribution < 1.29 is 0 Å². The third kappa shape index (κ3) is 20.2. The molecule has 0 aliphatic carbocycles. The molecule has 0 bridgehead atoms. The van der Waals surface area contributed by atoms with Gasteiger partial charge < -0.3 is 0 Å². The topological polar surface area (TPSA) is 0 Å². The first kappa shape index (κ1) is 23.4. The maximum atomic E-state index is 4.31. The van der Waals surface area contributed by atoms with E-state index in [0.717, 1.165) is 23.0 Å². The van der Waals surface area contributed by atoms with Gasteiger partial charge in [0.2, 0.25) is 0 Å². The maximum Gasteiger partial charge on any atom is 0.0168 e. The molecule has 0 saturated heterocycles. The fourth-order valence-corrected chi connectivity index (χ4v) is 3.27. The summed E-state index contributed by atoms with van der Waals surface area (Å²) in [4.78, 5) is 2.69. The maximum absolute atomic E-state index is 4.31. The highest BCUT2D eigenvalue weighted by atomic mass is 32.2. The second-order valence-electron chi connectivity index (χ2n) is 5.58. The number of unbranched alkanes of at least 4 members (excludes halogenated alkanes) is 3. The van der Waals surface area contributed by atoms with Crippen molar-refractivity contribution >= 4 is 24.4 Å². The van der Waals surface area contributed by atoms with E-state index in [4.69, 9.17) is 0 Å². The molecule has 0 fully saturated rings. The van der Waals surface area contributed by atoms with E-state index < -0.39 is 0 Å². The first-order valence-electron chi connectivity index (χ1n) is 8.73. The Morgan fingerprint density at radius 3 is 2.19 bits per heavy atom. The molecule has 0 aliphatic rings. The summed E-state index contributed by atoms with van der Waals surface area (Å²) in [5.41, 5.74) is 0. The van der Waals surface area contributed by atoms with Gasteiger partial charge in [0.25, 0.3) is 0 Å². The van der Waals surface area contributed by atoms with Crippen LogP contribution in [0.3, 0.4) is 0 Å². The normalized spacial score (nSPS) is 12.4. The molecule has 0 aromatic heterocycles. The van der Waals surface area contributed by atoms with Crippen LogP contribution < -0.4 is 0 Å². The van der Waals surface area contributed by atoms with E-state index in [9.17, 15) is 0 Å². The van der Waals surface area contributed by atoms with Gasteiger partial charge in [0.1, 0.15) is 0 Å². The highest BCUT2D eigenvalue weighted by Crippen LogP contribution is 2.24. The Balaban J connectivity index is 0. The number of hydrogen-bond acceptors (Lipinski definition) is 2. The van der Waals surface area contributed by atoms with Crippen molar-refractivity contribution in [3.8, 4) is 0 Å². The van der Waals surface area contributed by atoms with Crippen LogP contribution in [0.15, 0.2) is 22.0 Å². The Morgan fingerprint density at radius 1 is 1.05 bits per heavy atom. The average Bonchev–Trinajstić information content (AvgIpc) is 2.44. The van der Waals surface area contributed by atoms with Gasteiger partial charge in [-0.25, -0.2) is 0 Å². The first-order chi connectivity index (χ1) is 10.1. The number of hydrogen-bond donors (Lipinski definition) is 1. The zero-order valence-corrected chi connectivity index (χ0v) is 17.0. The summed E-state index contributed by atoms with van der Waals surface area (Å²) < 4.78 is 0. The second-order valence-corrected chi connectivity index (χ2v) is 7.43. The van der Waals surface area contributed by atoms with Crippen LogP contribution in [0.1, 0.15) is 86.5 Å². The van der Waals surface area contributed by atoms with Gasteiger partial charge in [0.05, 0.1) is 0 Å². The fraction of sp³-hybridized carbons (Fsp3) is 0.789. The predicted octanol–water partition coefficient (Wildman–Crippen LogP) is 7.87. The third-order valence-electron chi connectivity index (χ3n) is 3.03. The number of thiol groups is 1. The van der Waals surface area contributed by atoms with E-state index in [-0.39, 0.29) is 0 Å². The predicted molar refractivity (Wildman–Crippen MR) is 107 cm³/mol. The molecular weight excluding hydrogens is 292 g/mol. The van der Waals surface area contributed by atoms with Crippen LogP contribution in [0.5, 0.6) is 0 Å². The number of rotatable bonds is 11. The molecule has 0 heterocycles. The molecular formula is C19H38S2. The van der Waals surface area contributed by atoms with E-state index in [0.29, 0.717) is 0 Å². The van der Waals surface area contributed by atoms with Gasteiger partial charge in [0.15, 0.2) is 0 Å². The van der Waals surface area contributed by atoms with Crippen molar-refractivity contribution in [3.63, 3.8) is 0 Å². The summed E-state index contributed by atoms with van der Waals surface area (Å²) in [7, 11) is 0. The lowest BCUT2D eigenvalue weighted by molar-refractivity contribution is 0.520. The first-order valence-corrected chi connectivity index (χ1v) is 10.2. The zero-order chi connectivity index (χ0) is 16.5. The largest absolute Gasteiger partial charge is 0.148 e. The molecule has 0 radical (unpaired) electrons. The van der Waals surface area contributed by atoms with E-state index in [1.54, 1.807) is 4.91 Å². The summed E-state index contributed by atoms with van der Waals surface area (Å²) in [5, 5.41) is 0. The quantitative estimate of drug-likeness (QED) is 0.297. The molecule has 0 aromatic carbocycles. The number of thioether (sulfide) groups is 1. The van der Waals surface area contributed by atoms with Gasteiger partial charge >= 0.3 is 0 Å². The lowest BCUT2D eigenvalue weighted by Gasteiger charge is -2.07. The molecule has 126 valence electrons. The lowest BCUT2D eigenvalue weighted by atomic mass is 10.0. The SMILES string of the molecule is CC.CC/C=C(/CCCCCCC(C)C)SC/C=C(/C)S. The van der Waals surface area contributed by atoms with Gasteiger partial charge in [-0.1, -0.05) is 72.5 Å². The lowest BCUT2D eigenvalue weighted by Crippen LogP contribution is -1.88. The van der Waals surface area contributed by atoms with Crippen molar-refractivity contribution in [3.05, 3.63) is 22.0 Å². The molecule has 0 aromatic rings. The molecule has 21 heavy (non-hydrogen) atoms. The third-order valence-corrected chi connectivity index (χ3v) is 4.29. The summed E-state index contributed by atoms with van der Waals surface area (Å²) >= 11 is 6.29. The molecule has 0 N–H and O–H groups in total. The minimum atomic E-state index is 0.863. The zero-order valence-electron chi connectivity index (χ0n) is 15.2. The van der Waals surface area contributed by atoms with Crippen molar-refractivity contribution in [1.29, 1.82) is 0 Å². The van der Waals surface area contributed by atoms with Gasteiger partial charge in [0, 0.05) is 5.75 Å². The molecule has 0 nitrogen and oxygen atoms in total. The molecule has 0 unspecified atom stereocenters. The van der Waals surface area contributed by atoms with E-state index >= 15 is 0 Å². The highest BCUT2D eigenvalue weighted by Gasteiger charge is 1.99. The smallest absolute Gasteiger partial charge is 0.0168 e. The number of allylic oxidation sites excluding steroid dienone is 3. The monoisotopic (exact) mass is 330 g/mol. The Labute approximate surface area is 144 Å². The molecule has 0 amide bonds. The highest BCUT2D eigenvalue weighted by molar-refractivity contribution is 8.03. The Kier molecular flexibility index (Phi) is 20.4. The van der Waals surface area contributed by atoms with E-state index in [1.807, 2.05) is 32.5 Å². The summed E-state index contributed by atoms with van der Waals surface area (Å²) in [5.74, 6) is 1.93. The van der Waals surface area contributed by atoms with Crippen LogP contribution in [-0.4, -0.2) is 5.75 Å².